The largest absolute Gasteiger partial charge is 0.482 e. The highest BCUT2D eigenvalue weighted by molar-refractivity contribution is 5.94. The molecule has 0 radical (unpaired) electrons. The van der Waals surface area contributed by atoms with Gasteiger partial charge >= 0.3 is 6.18 Å². The molecule has 0 saturated heterocycles. The van der Waals surface area contributed by atoms with Gasteiger partial charge in [-0.15, -0.1) is 12.4 Å². The van der Waals surface area contributed by atoms with Crippen LogP contribution in [0.15, 0.2) is 18.2 Å². The third-order valence-corrected chi connectivity index (χ3v) is 3.68. The van der Waals surface area contributed by atoms with Crippen molar-refractivity contribution in [3.8, 4) is 5.75 Å². The number of nitrogens with one attached hydrogen (secondary N) is 1. The minimum atomic E-state index is -4.52. The van der Waals surface area contributed by atoms with Gasteiger partial charge in [-0.1, -0.05) is 6.42 Å². The summed E-state index contributed by atoms with van der Waals surface area (Å²) in [7, 11) is 0. The number of carbonyl (C=O) groups excluding carboxylic acids is 1. The molecule has 4 nitrogen and oxygen atoms in total. The predicted molar refractivity (Wildman–Crippen MR) is 83.8 cm³/mol. The maximum atomic E-state index is 13.3. The number of benzene rings is 1. The molecule has 2 atom stereocenters. The van der Waals surface area contributed by atoms with Crippen LogP contribution >= 0.6 is 12.4 Å². The molecule has 1 aromatic rings. The number of hydrogen-bond donors (Lipinski definition) is 2. The van der Waals surface area contributed by atoms with Crippen molar-refractivity contribution in [2.45, 2.75) is 37.9 Å². The fraction of sp³-hybridized carbons (Fsp3) is 0.533. The van der Waals surface area contributed by atoms with Crippen molar-refractivity contribution in [2.24, 2.45) is 11.7 Å². The molecule has 0 bridgehead atoms. The standard InChI is InChI=1S/C15H18F4N2O2.ClH/c16-10-4-5-13(23-8-15(17,18)19)12(7-10)21-14(22)9-2-1-3-11(20)6-9;/h4-5,7,9,11H,1-3,6,8,20H2,(H,21,22);1H. The van der Waals surface area contributed by atoms with Crippen molar-refractivity contribution in [1.82, 2.24) is 0 Å². The van der Waals surface area contributed by atoms with Gasteiger partial charge in [-0.05, 0) is 31.4 Å². The zero-order chi connectivity index (χ0) is 17.0. The van der Waals surface area contributed by atoms with Crippen LogP contribution in [0.1, 0.15) is 25.7 Å². The molecule has 9 heteroatoms. The SMILES string of the molecule is Cl.NC1CCCC(C(=O)Nc2cc(F)ccc2OCC(F)(F)F)C1. The molecule has 1 fully saturated rings. The van der Waals surface area contributed by atoms with Gasteiger partial charge in [0.05, 0.1) is 5.69 Å². The lowest BCUT2D eigenvalue weighted by Gasteiger charge is -2.26. The number of ether oxygens (including phenoxy) is 1. The normalized spacial score (nSPS) is 20.9. The number of rotatable bonds is 4. The first-order valence-electron chi connectivity index (χ1n) is 7.30. The van der Waals surface area contributed by atoms with Gasteiger partial charge in [0, 0.05) is 18.0 Å². The van der Waals surface area contributed by atoms with E-state index >= 15 is 0 Å². The molecule has 3 N–H and O–H groups in total. The lowest BCUT2D eigenvalue weighted by atomic mass is 9.85. The molecule has 1 aliphatic carbocycles. The molecule has 136 valence electrons. The Morgan fingerprint density at radius 2 is 2.04 bits per heavy atom. The zero-order valence-corrected chi connectivity index (χ0v) is 13.6. The highest BCUT2D eigenvalue weighted by atomic mass is 35.5. The van der Waals surface area contributed by atoms with Crippen molar-refractivity contribution in [3.63, 3.8) is 0 Å². The van der Waals surface area contributed by atoms with Crippen LogP contribution in [-0.2, 0) is 4.79 Å². The van der Waals surface area contributed by atoms with Crippen molar-refractivity contribution >= 4 is 24.0 Å². The lowest BCUT2D eigenvalue weighted by molar-refractivity contribution is -0.153. The first-order chi connectivity index (χ1) is 10.7. The van der Waals surface area contributed by atoms with E-state index in [0.717, 1.165) is 31.0 Å². The Bertz CT molecular complexity index is 569. The van der Waals surface area contributed by atoms with Gasteiger partial charge in [-0.2, -0.15) is 13.2 Å². The summed E-state index contributed by atoms with van der Waals surface area (Å²) in [6.07, 6.45) is -1.73. The molecule has 1 amide bonds. The molecule has 1 aliphatic rings. The summed E-state index contributed by atoms with van der Waals surface area (Å²) in [5.74, 6) is -1.63. The molecule has 2 unspecified atom stereocenters. The van der Waals surface area contributed by atoms with E-state index in [0.29, 0.717) is 12.8 Å². The minimum absolute atomic E-state index is 0. The first kappa shape index (κ1) is 20.5. The Kier molecular flexibility index (Phi) is 7.28. The smallest absolute Gasteiger partial charge is 0.422 e. The van der Waals surface area contributed by atoms with Crippen LogP contribution in [0.3, 0.4) is 0 Å². The van der Waals surface area contributed by atoms with E-state index in [1.165, 1.54) is 0 Å². The monoisotopic (exact) mass is 370 g/mol. The molecular formula is C15H19ClF4N2O2. The molecule has 0 heterocycles. The fourth-order valence-electron chi connectivity index (χ4n) is 2.59. The highest BCUT2D eigenvalue weighted by Gasteiger charge is 2.30. The third kappa shape index (κ3) is 6.16. The van der Waals surface area contributed by atoms with E-state index in [4.69, 9.17) is 5.73 Å². The van der Waals surface area contributed by atoms with Crippen molar-refractivity contribution in [1.29, 1.82) is 0 Å². The summed E-state index contributed by atoms with van der Waals surface area (Å²) in [6.45, 7) is -1.52. The van der Waals surface area contributed by atoms with Crippen LogP contribution in [-0.4, -0.2) is 24.7 Å². The lowest BCUT2D eigenvalue weighted by Crippen LogP contribution is -2.34. The second-order valence-electron chi connectivity index (χ2n) is 5.66. The molecule has 24 heavy (non-hydrogen) atoms. The van der Waals surface area contributed by atoms with Crippen LogP contribution in [0.25, 0.3) is 0 Å². The summed E-state index contributed by atoms with van der Waals surface area (Å²) in [5, 5.41) is 2.45. The van der Waals surface area contributed by atoms with Gasteiger partial charge in [0.1, 0.15) is 11.6 Å². The van der Waals surface area contributed by atoms with Gasteiger partial charge in [-0.3, -0.25) is 4.79 Å². The van der Waals surface area contributed by atoms with Crippen molar-refractivity contribution in [2.75, 3.05) is 11.9 Å². The van der Waals surface area contributed by atoms with Gasteiger partial charge in [-0.25, -0.2) is 4.39 Å². The number of alkyl halides is 3. The Balaban J connectivity index is 0.00000288. The van der Waals surface area contributed by atoms with Crippen LogP contribution in [0.5, 0.6) is 5.75 Å². The first-order valence-corrected chi connectivity index (χ1v) is 7.30. The van der Waals surface area contributed by atoms with Crippen molar-refractivity contribution < 1.29 is 27.1 Å². The van der Waals surface area contributed by atoms with E-state index in [-0.39, 0.29) is 41.7 Å². The van der Waals surface area contributed by atoms with E-state index in [1.807, 2.05) is 0 Å². The van der Waals surface area contributed by atoms with Crippen LogP contribution in [0.2, 0.25) is 0 Å². The van der Waals surface area contributed by atoms with E-state index in [1.54, 1.807) is 0 Å². The average molecular weight is 371 g/mol. The quantitative estimate of drug-likeness (QED) is 0.795. The van der Waals surface area contributed by atoms with E-state index in [9.17, 15) is 22.4 Å². The molecule has 1 aromatic carbocycles. The summed E-state index contributed by atoms with van der Waals surface area (Å²) in [5.41, 5.74) is 5.70. The summed E-state index contributed by atoms with van der Waals surface area (Å²) in [4.78, 5) is 12.2. The number of nitrogens with two attached hydrogens (primary N) is 1. The van der Waals surface area contributed by atoms with Crippen LogP contribution in [0, 0.1) is 11.7 Å². The topological polar surface area (TPSA) is 64.4 Å². The van der Waals surface area contributed by atoms with Gasteiger partial charge in [0.15, 0.2) is 6.61 Å². The Morgan fingerprint density at radius 3 is 2.67 bits per heavy atom. The summed E-state index contributed by atoms with van der Waals surface area (Å²) in [6, 6.07) is 2.89. The number of hydrogen-bond acceptors (Lipinski definition) is 3. The molecule has 2 rings (SSSR count). The summed E-state index contributed by atoms with van der Waals surface area (Å²) >= 11 is 0. The van der Waals surface area contributed by atoms with Crippen LogP contribution < -0.4 is 15.8 Å². The molecule has 1 saturated carbocycles. The fourth-order valence-corrected chi connectivity index (χ4v) is 2.59. The summed E-state index contributed by atoms with van der Waals surface area (Å²) < 4.78 is 54.7. The van der Waals surface area contributed by atoms with Crippen molar-refractivity contribution in [3.05, 3.63) is 24.0 Å². The van der Waals surface area contributed by atoms with E-state index in [2.05, 4.69) is 10.1 Å². The second kappa shape index (κ2) is 8.53. The van der Waals surface area contributed by atoms with E-state index < -0.39 is 18.6 Å². The molecule has 0 aromatic heterocycles. The Labute approximate surface area is 143 Å². The third-order valence-electron chi connectivity index (χ3n) is 3.68. The number of halogens is 5. The highest BCUT2D eigenvalue weighted by Crippen LogP contribution is 2.30. The Morgan fingerprint density at radius 1 is 1.33 bits per heavy atom. The van der Waals surface area contributed by atoms with Crippen LogP contribution in [0.4, 0.5) is 23.2 Å². The van der Waals surface area contributed by atoms with Gasteiger partial charge in [0.25, 0.3) is 0 Å². The number of amides is 1. The molecule has 0 aliphatic heterocycles. The maximum absolute atomic E-state index is 13.3. The Hall–Kier alpha value is -1.54. The zero-order valence-electron chi connectivity index (χ0n) is 12.7. The maximum Gasteiger partial charge on any atom is 0.422 e. The molecular weight excluding hydrogens is 352 g/mol. The van der Waals surface area contributed by atoms with Gasteiger partial charge < -0.3 is 15.8 Å². The predicted octanol–water partition coefficient (Wildman–Crippen LogP) is 3.64. The molecule has 0 spiro atoms. The number of carbonyl (C=O) groups is 1. The van der Waals surface area contributed by atoms with Gasteiger partial charge in [0.2, 0.25) is 5.91 Å². The minimum Gasteiger partial charge on any atom is -0.482 e. The average Bonchev–Trinajstić information content (AvgIpc) is 2.45. The second-order valence-corrected chi connectivity index (χ2v) is 5.66. The number of anilines is 1.